The first-order chi connectivity index (χ1) is 11.6. The van der Waals surface area contributed by atoms with Crippen LogP contribution in [0.15, 0.2) is 17.5 Å². The summed E-state index contributed by atoms with van der Waals surface area (Å²) in [6, 6.07) is 3.92. The molecule has 2 aromatic heterocycles. The summed E-state index contributed by atoms with van der Waals surface area (Å²) >= 11 is 3.23. The Morgan fingerprint density at radius 2 is 2.17 bits per heavy atom. The van der Waals surface area contributed by atoms with E-state index in [0.717, 1.165) is 25.3 Å². The number of aromatic nitrogens is 1. The van der Waals surface area contributed by atoms with Gasteiger partial charge in [-0.1, -0.05) is 0 Å². The van der Waals surface area contributed by atoms with E-state index in [0.29, 0.717) is 12.3 Å². The summed E-state index contributed by atoms with van der Waals surface area (Å²) in [5.74, 6) is 0.328. The van der Waals surface area contributed by atoms with Crippen LogP contribution < -0.4 is 15.4 Å². The molecule has 1 aromatic carbocycles. The van der Waals surface area contributed by atoms with Crippen LogP contribution in [0.4, 0.5) is 0 Å². The molecule has 24 heavy (non-hydrogen) atoms. The zero-order valence-electron chi connectivity index (χ0n) is 13.3. The number of hydrogen-bond donors (Lipinski definition) is 2. The van der Waals surface area contributed by atoms with Gasteiger partial charge in [-0.15, -0.1) is 22.7 Å². The Morgan fingerprint density at radius 3 is 2.96 bits per heavy atom. The van der Waals surface area contributed by atoms with E-state index in [2.05, 4.69) is 15.6 Å². The first kappa shape index (κ1) is 16.7. The predicted molar refractivity (Wildman–Crippen MR) is 96.9 cm³/mol. The molecule has 0 fully saturated rings. The largest absolute Gasteiger partial charge is 0.483 e. The lowest BCUT2D eigenvalue weighted by atomic mass is 10.2. The number of nitrogens with one attached hydrogen (secondary N) is 2. The summed E-state index contributed by atoms with van der Waals surface area (Å²) in [5.41, 5.74) is 0.991. The highest BCUT2D eigenvalue weighted by Gasteiger charge is 2.13. The number of carbonyl (C=O) groups is 2. The number of hydrogen-bond acceptors (Lipinski definition) is 6. The minimum Gasteiger partial charge on any atom is -0.483 e. The van der Waals surface area contributed by atoms with Crippen molar-refractivity contribution in [2.24, 2.45) is 0 Å². The van der Waals surface area contributed by atoms with Gasteiger partial charge in [-0.05, 0) is 18.4 Å². The highest BCUT2D eigenvalue weighted by molar-refractivity contribution is 7.21. The van der Waals surface area contributed by atoms with Crippen molar-refractivity contribution in [2.45, 2.75) is 13.3 Å². The monoisotopic (exact) mass is 363 g/mol. The standard InChI is InChI=1S/C16H17N3O3S2/c1-9-19-15-12(24-9)7-11(10-4-6-23-16(10)15)22-8-14(21)18-5-3-13(20)17-2/h4,6-7H,3,5,8H2,1-2H3,(H,17,20)(H,18,21). The number of fused-ring (bicyclic) bond motifs is 3. The summed E-state index contributed by atoms with van der Waals surface area (Å²) in [6.07, 6.45) is 0.253. The van der Waals surface area contributed by atoms with Gasteiger partial charge in [0.1, 0.15) is 5.75 Å². The number of benzene rings is 1. The van der Waals surface area contributed by atoms with Gasteiger partial charge in [-0.3, -0.25) is 9.59 Å². The predicted octanol–water partition coefficient (Wildman–Crippen LogP) is 2.45. The molecular weight excluding hydrogens is 346 g/mol. The van der Waals surface area contributed by atoms with Crippen molar-refractivity contribution < 1.29 is 14.3 Å². The fourth-order valence-corrected chi connectivity index (χ4v) is 4.17. The van der Waals surface area contributed by atoms with Crippen LogP contribution in [0.1, 0.15) is 11.4 Å². The van der Waals surface area contributed by atoms with Gasteiger partial charge >= 0.3 is 0 Å². The van der Waals surface area contributed by atoms with Crippen LogP contribution in [0.2, 0.25) is 0 Å². The average Bonchev–Trinajstić information content (AvgIpc) is 3.17. The Morgan fingerprint density at radius 1 is 1.33 bits per heavy atom. The van der Waals surface area contributed by atoms with Gasteiger partial charge in [0, 0.05) is 31.5 Å². The molecule has 0 saturated carbocycles. The Labute approximate surface area is 146 Å². The number of carbonyl (C=O) groups excluding carboxylic acids is 2. The Kier molecular flexibility index (Phi) is 4.96. The maximum absolute atomic E-state index is 11.9. The van der Waals surface area contributed by atoms with E-state index in [9.17, 15) is 9.59 Å². The molecule has 126 valence electrons. The minimum atomic E-state index is -0.247. The van der Waals surface area contributed by atoms with Gasteiger partial charge in [-0.25, -0.2) is 4.98 Å². The molecule has 0 saturated heterocycles. The molecule has 0 unspecified atom stereocenters. The lowest BCUT2D eigenvalue weighted by Crippen LogP contribution is -2.32. The quantitative estimate of drug-likeness (QED) is 0.705. The van der Waals surface area contributed by atoms with E-state index in [1.165, 1.54) is 0 Å². The molecule has 3 rings (SSSR count). The molecule has 0 atom stereocenters. The number of nitrogens with zero attached hydrogens (tertiary/aromatic N) is 1. The molecule has 0 aliphatic rings. The van der Waals surface area contributed by atoms with Gasteiger partial charge in [0.2, 0.25) is 5.91 Å². The van der Waals surface area contributed by atoms with E-state index < -0.39 is 0 Å². The summed E-state index contributed by atoms with van der Waals surface area (Å²) < 4.78 is 7.84. The molecule has 2 N–H and O–H groups in total. The van der Waals surface area contributed by atoms with E-state index in [1.54, 1.807) is 29.7 Å². The lowest BCUT2D eigenvalue weighted by molar-refractivity contribution is -0.123. The third kappa shape index (κ3) is 3.49. The molecule has 6 nitrogen and oxygen atoms in total. The molecule has 3 aromatic rings. The third-order valence-corrected chi connectivity index (χ3v) is 5.32. The molecule has 0 bridgehead atoms. The van der Waals surface area contributed by atoms with Crippen LogP contribution >= 0.6 is 22.7 Å². The van der Waals surface area contributed by atoms with Crippen LogP contribution in [0.25, 0.3) is 20.3 Å². The molecule has 8 heteroatoms. The topological polar surface area (TPSA) is 80.3 Å². The number of aryl methyl sites for hydroxylation is 1. The van der Waals surface area contributed by atoms with Crippen LogP contribution in [-0.2, 0) is 9.59 Å². The smallest absolute Gasteiger partial charge is 0.257 e. The average molecular weight is 363 g/mol. The van der Waals surface area contributed by atoms with E-state index in [-0.39, 0.29) is 24.8 Å². The summed E-state index contributed by atoms with van der Waals surface area (Å²) in [4.78, 5) is 27.5. The maximum Gasteiger partial charge on any atom is 0.257 e. The van der Waals surface area contributed by atoms with Crippen LogP contribution in [0.3, 0.4) is 0 Å². The van der Waals surface area contributed by atoms with Gasteiger partial charge in [0.05, 0.1) is 19.9 Å². The molecule has 0 aliphatic carbocycles. The van der Waals surface area contributed by atoms with Crippen molar-refractivity contribution in [3.8, 4) is 5.75 Å². The summed E-state index contributed by atoms with van der Waals surface area (Å²) in [6.45, 7) is 2.19. The Hall–Kier alpha value is -2.19. The normalized spacial score (nSPS) is 10.9. The summed E-state index contributed by atoms with van der Waals surface area (Å²) in [7, 11) is 1.57. The van der Waals surface area contributed by atoms with Crippen molar-refractivity contribution in [2.75, 3.05) is 20.2 Å². The third-order valence-electron chi connectivity index (χ3n) is 3.48. The van der Waals surface area contributed by atoms with Crippen molar-refractivity contribution in [3.05, 3.63) is 22.5 Å². The Bertz CT molecular complexity index is 901. The number of thiophene rings is 1. The minimum absolute atomic E-state index is 0.0814. The first-order valence-corrected chi connectivity index (χ1v) is 9.15. The van der Waals surface area contributed by atoms with E-state index in [1.807, 2.05) is 24.4 Å². The van der Waals surface area contributed by atoms with Crippen molar-refractivity contribution >= 4 is 54.8 Å². The number of amides is 2. The highest BCUT2D eigenvalue weighted by atomic mass is 32.1. The Balaban J connectivity index is 1.69. The SMILES string of the molecule is CNC(=O)CCNC(=O)COc1cc2sc(C)nc2c2sccc12. The second-order valence-electron chi connectivity index (χ2n) is 5.18. The fourth-order valence-electron chi connectivity index (χ4n) is 2.34. The maximum atomic E-state index is 11.9. The van der Waals surface area contributed by atoms with Crippen LogP contribution in [-0.4, -0.2) is 37.0 Å². The zero-order chi connectivity index (χ0) is 17.1. The number of rotatable bonds is 6. The number of ether oxygens (including phenoxy) is 1. The summed E-state index contributed by atoms with van der Waals surface area (Å²) in [5, 5.41) is 9.14. The van der Waals surface area contributed by atoms with Gasteiger partial charge in [0.25, 0.3) is 5.91 Å². The zero-order valence-corrected chi connectivity index (χ0v) is 15.0. The van der Waals surface area contributed by atoms with Gasteiger partial charge in [0.15, 0.2) is 6.61 Å². The molecule has 0 aliphatic heterocycles. The lowest BCUT2D eigenvalue weighted by Gasteiger charge is -2.08. The first-order valence-electron chi connectivity index (χ1n) is 7.46. The highest BCUT2D eigenvalue weighted by Crippen LogP contribution is 2.38. The van der Waals surface area contributed by atoms with Gasteiger partial charge < -0.3 is 15.4 Å². The van der Waals surface area contributed by atoms with Crippen LogP contribution in [0, 0.1) is 6.92 Å². The van der Waals surface area contributed by atoms with Crippen LogP contribution in [0.5, 0.6) is 5.75 Å². The van der Waals surface area contributed by atoms with E-state index in [4.69, 9.17) is 4.74 Å². The number of thiazole rings is 1. The second-order valence-corrected chi connectivity index (χ2v) is 7.33. The molecule has 0 radical (unpaired) electrons. The molecule has 2 heterocycles. The van der Waals surface area contributed by atoms with Gasteiger partial charge in [-0.2, -0.15) is 0 Å². The molecule has 0 spiro atoms. The van der Waals surface area contributed by atoms with E-state index >= 15 is 0 Å². The molecule has 2 amide bonds. The van der Waals surface area contributed by atoms with Crippen molar-refractivity contribution in [3.63, 3.8) is 0 Å². The van der Waals surface area contributed by atoms with Crippen molar-refractivity contribution in [1.82, 2.24) is 15.6 Å². The second kappa shape index (κ2) is 7.14. The van der Waals surface area contributed by atoms with Crippen molar-refractivity contribution in [1.29, 1.82) is 0 Å². The molecular formula is C16H17N3O3S2. The fraction of sp³-hybridized carbons (Fsp3) is 0.312.